The van der Waals surface area contributed by atoms with Gasteiger partial charge < -0.3 is 19.7 Å². The number of carbonyl (C=O) groups excluding carboxylic acids is 2. The first kappa shape index (κ1) is 25.2. The van der Waals surface area contributed by atoms with Gasteiger partial charge in [-0.15, -0.1) is 0 Å². The second-order valence-corrected chi connectivity index (χ2v) is 8.75. The lowest BCUT2D eigenvalue weighted by atomic mass is 9.77. The van der Waals surface area contributed by atoms with Crippen molar-refractivity contribution in [2.75, 3.05) is 20.2 Å². The Bertz CT molecular complexity index is 925. The standard InChI is InChI=1S/C22H27F5N2O4/c1-11-16(14-7-8-15(23)17(24)18(14)32-4)19(33-21(11,3)22(25,26)27)20(31)28-13-6-5-9-29(10-13)12(2)30/h7-8,11,13,16,19H,5-6,9-10H2,1-4H3,(H,28,31)/t11-,13?,16-,19+,21+/m0/s1. The molecule has 0 aliphatic carbocycles. The van der Waals surface area contributed by atoms with Gasteiger partial charge in [-0.1, -0.05) is 13.0 Å². The zero-order valence-corrected chi connectivity index (χ0v) is 18.8. The van der Waals surface area contributed by atoms with Crippen molar-refractivity contribution in [2.45, 2.75) is 63.5 Å². The van der Waals surface area contributed by atoms with E-state index in [0.29, 0.717) is 19.4 Å². The fraction of sp³-hybridized carbons (Fsp3) is 0.636. The van der Waals surface area contributed by atoms with Crippen LogP contribution in [0.4, 0.5) is 22.0 Å². The number of nitrogens with zero attached hydrogens (tertiary/aromatic N) is 1. The summed E-state index contributed by atoms with van der Waals surface area (Å²) in [5.74, 6) is -6.74. The van der Waals surface area contributed by atoms with E-state index in [1.165, 1.54) is 13.8 Å². The number of rotatable bonds is 4. The van der Waals surface area contributed by atoms with Crippen molar-refractivity contribution in [3.8, 4) is 5.75 Å². The lowest BCUT2D eigenvalue weighted by Crippen LogP contribution is -2.52. The Hall–Kier alpha value is -2.43. The fourth-order valence-electron chi connectivity index (χ4n) is 4.70. The SMILES string of the molecule is COc1c([C@H]2[C@H](C(=O)NC3CCCN(C(C)=O)C3)O[C@@](C)(C(F)(F)F)[C@H]2C)ccc(F)c1F. The Morgan fingerprint density at radius 1 is 1.27 bits per heavy atom. The van der Waals surface area contributed by atoms with Gasteiger partial charge in [0.15, 0.2) is 17.2 Å². The van der Waals surface area contributed by atoms with Crippen LogP contribution in [-0.4, -0.2) is 60.8 Å². The first-order chi connectivity index (χ1) is 15.3. The predicted molar refractivity (Wildman–Crippen MR) is 108 cm³/mol. The second kappa shape index (κ2) is 9.08. The van der Waals surface area contributed by atoms with Gasteiger partial charge in [0.05, 0.1) is 7.11 Å². The third-order valence-corrected chi connectivity index (χ3v) is 6.78. The van der Waals surface area contributed by atoms with Crippen LogP contribution in [0, 0.1) is 17.6 Å². The van der Waals surface area contributed by atoms with Crippen molar-refractivity contribution in [1.29, 1.82) is 0 Å². The lowest BCUT2D eigenvalue weighted by molar-refractivity contribution is -0.272. The van der Waals surface area contributed by atoms with Gasteiger partial charge in [-0.3, -0.25) is 9.59 Å². The van der Waals surface area contributed by atoms with Gasteiger partial charge in [-0.2, -0.15) is 17.6 Å². The molecule has 2 aliphatic rings. The lowest BCUT2D eigenvalue weighted by Gasteiger charge is -2.33. The van der Waals surface area contributed by atoms with Crippen LogP contribution < -0.4 is 10.1 Å². The number of ether oxygens (including phenoxy) is 2. The highest BCUT2D eigenvalue weighted by Crippen LogP contribution is 2.54. The van der Waals surface area contributed by atoms with E-state index >= 15 is 0 Å². The maximum absolute atomic E-state index is 14.4. The minimum atomic E-state index is -4.83. The van der Waals surface area contributed by atoms with E-state index in [9.17, 15) is 31.5 Å². The quantitative estimate of drug-likeness (QED) is 0.673. The maximum atomic E-state index is 14.4. The highest BCUT2D eigenvalue weighted by Gasteiger charge is 2.66. The molecule has 0 radical (unpaired) electrons. The topological polar surface area (TPSA) is 67.9 Å². The summed E-state index contributed by atoms with van der Waals surface area (Å²) in [6, 6.07) is 1.42. The van der Waals surface area contributed by atoms with Crippen molar-refractivity contribution >= 4 is 11.8 Å². The molecule has 5 atom stereocenters. The summed E-state index contributed by atoms with van der Waals surface area (Å²) in [4.78, 5) is 26.4. The van der Waals surface area contributed by atoms with Crippen molar-refractivity contribution < 1.29 is 41.0 Å². The molecular weight excluding hydrogens is 451 g/mol. The van der Waals surface area contributed by atoms with E-state index in [4.69, 9.17) is 9.47 Å². The molecule has 1 unspecified atom stereocenters. The molecule has 2 heterocycles. The molecule has 1 N–H and O–H groups in total. The average Bonchev–Trinajstić information content (AvgIpc) is 3.02. The summed E-state index contributed by atoms with van der Waals surface area (Å²) >= 11 is 0. The van der Waals surface area contributed by atoms with Crippen LogP contribution in [0.5, 0.6) is 5.75 Å². The third-order valence-electron chi connectivity index (χ3n) is 6.78. The fourth-order valence-corrected chi connectivity index (χ4v) is 4.70. The van der Waals surface area contributed by atoms with Crippen molar-refractivity contribution in [3.05, 3.63) is 29.3 Å². The van der Waals surface area contributed by atoms with Crippen LogP contribution in [0.25, 0.3) is 0 Å². The predicted octanol–water partition coefficient (Wildman–Crippen LogP) is 3.54. The summed E-state index contributed by atoms with van der Waals surface area (Å²) in [6.45, 7) is 4.23. The van der Waals surface area contributed by atoms with Crippen molar-refractivity contribution in [3.63, 3.8) is 0 Å². The Kier molecular flexibility index (Phi) is 6.93. The van der Waals surface area contributed by atoms with E-state index in [0.717, 1.165) is 26.2 Å². The highest BCUT2D eigenvalue weighted by molar-refractivity contribution is 5.83. The molecule has 33 heavy (non-hydrogen) atoms. The number of likely N-dealkylation sites (tertiary alicyclic amines) is 1. The Morgan fingerprint density at radius 3 is 2.52 bits per heavy atom. The molecule has 2 aliphatic heterocycles. The number of piperidine rings is 1. The molecule has 0 saturated carbocycles. The zero-order chi connectivity index (χ0) is 24.7. The molecule has 2 saturated heterocycles. The number of hydrogen-bond acceptors (Lipinski definition) is 4. The first-order valence-corrected chi connectivity index (χ1v) is 10.6. The van der Waals surface area contributed by atoms with E-state index < -0.39 is 59.1 Å². The maximum Gasteiger partial charge on any atom is 0.417 e. The van der Waals surface area contributed by atoms with Crippen LogP contribution in [0.2, 0.25) is 0 Å². The Morgan fingerprint density at radius 2 is 1.94 bits per heavy atom. The minimum absolute atomic E-state index is 0.0916. The molecule has 0 bridgehead atoms. The summed E-state index contributed by atoms with van der Waals surface area (Å²) < 4.78 is 80.4. The van der Waals surface area contributed by atoms with Crippen molar-refractivity contribution in [2.24, 2.45) is 5.92 Å². The molecule has 2 fully saturated rings. The van der Waals surface area contributed by atoms with E-state index in [-0.39, 0.29) is 18.0 Å². The number of nitrogens with one attached hydrogen (secondary N) is 1. The normalized spacial score (nSPS) is 30.3. The third kappa shape index (κ3) is 4.51. The summed E-state index contributed by atoms with van der Waals surface area (Å²) in [7, 11) is 1.07. The molecule has 6 nitrogen and oxygen atoms in total. The van der Waals surface area contributed by atoms with E-state index in [1.54, 1.807) is 4.90 Å². The highest BCUT2D eigenvalue weighted by atomic mass is 19.4. The molecule has 0 spiro atoms. The van der Waals surface area contributed by atoms with Crippen LogP contribution in [0.15, 0.2) is 12.1 Å². The Balaban J connectivity index is 1.98. The van der Waals surface area contributed by atoms with Gasteiger partial charge in [0.2, 0.25) is 17.6 Å². The molecule has 1 aromatic rings. The number of methoxy groups -OCH3 is 1. The number of halogens is 5. The van der Waals surface area contributed by atoms with Gasteiger partial charge in [0.1, 0.15) is 6.10 Å². The average molecular weight is 478 g/mol. The van der Waals surface area contributed by atoms with Gasteiger partial charge in [0.25, 0.3) is 0 Å². The number of amides is 2. The van der Waals surface area contributed by atoms with Crippen molar-refractivity contribution in [1.82, 2.24) is 10.2 Å². The zero-order valence-electron chi connectivity index (χ0n) is 18.8. The number of carbonyl (C=O) groups is 2. The van der Waals surface area contributed by atoms with Crippen LogP contribution in [0.3, 0.4) is 0 Å². The molecule has 11 heteroatoms. The molecule has 3 rings (SSSR count). The van der Waals surface area contributed by atoms with Gasteiger partial charge in [-0.05, 0) is 25.8 Å². The smallest absolute Gasteiger partial charge is 0.417 e. The molecular formula is C22H27F5N2O4. The number of hydrogen-bond donors (Lipinski definition) is 1. The summed E-state index contributed by atoms with van der Waals surface area (Å²) in [5, 5.41) is 2.68. The van der Waals surface area contributed by atoms with Gasteiger partial charge in [0, 0.05) is 43.5 Å². The minimum Gasteiger partial charge on any atom is -0.493 e. The largest absolute Gasteiger partial charge is 0.493 e. The van der Waals surface area contributed by atoms with Crippen LogP contribution in [-0.2, 0) is 14.3 Å². The first-order valence-electron chi connectivity index (χ1n) is 10.6. The Labute approximate surface area is 188 Å². The van der Waals surface area contributed by atoms with E-state index in [1.807, 2.05) is 0 Å². The molecule has 184 valence electrons. The summed E-state index contributed by atoms with van der Waals surface area (Å²) in [6.07, 6.45) is -5.32. The number of benzene rings is 1. The van der Waals surface area contributed by atoms with Gasteiger partial charge in [-0.25, -0.2) is 4.39 Å². The molecule has 0 aromatic heterocycles. The summed E-state index contributed by atoms with van der Waals surface area (Å²) in [5.41, 5.74) is -2.81. The monoisotopic (exact) mass is 478 g/mol. The van der Waals surface area contributed by atoms with Crippen LogP contribution >= 0.6 is 0 Å². The van der Waals surface area contributed by atoms with Crippen LogP contribution in [0.1, 0.15) is 45.1 Å². The molecule has 2 amide bonds. The van der Waals surface area contributed by atoms with E-state index in [2.05, 4.69) is 5.32 Å². The second-order valence-electron chi connectivity index (χ2n) is 8.75. The number of alkyl halides is 3. The molecule has 1 aromatic carbocycles. The van der Waals surface area contributed by atoms with Gasteiger partial charge >= 0.3 is 6.18 Å².